The van der Waals surface area contributed by atoms with Crippen molar-refractivity contribution >= 4 is 17.4 Å². The van der Waals surface area contributed by atoms with Crippen LogP contribution in [0.15, 0.2) is 55.1 Å². The molecule has 1 N–H and O–H groups in total. The predicted molar refractivity (Wildman–Crippen MR) is 103 cm³/mol. The van der Waals surface area contributed by atoms with Gasteiger partial charge < -0.3 is 19.7 Å². The normalized spacial score (nSPS) is 11.9. The highest BCUT2D eigenvalue weighted by molar-refractivity contribution is 5.92. The molecule has 2 aromatic heterocycles. The Hall–Kier alpha value is -3.68. The van der Waals surface area contributed by atoms with Gasteiger partial charge in [-0.15, -0.1) is 0 Å². The average molecular weight is 377 g/mol. The largest absolute Gasteiger partial charge is 0.454 e. The van der Waals surface area contributed by atoms with Crippen LogP contribution in [0.2, 0.25) is 0 Å². The lowest BCUT2D eigenvalue weighted by molar-refractivity contribution is 0.0790. The van der Waals surface area contributed by atoms with E-state index in [2.05, 4.69) is 20.3 Å². The molecule has 1 amide bonds. The summed E-state index contributed by atoms with van der Waals surface area (Å²) >= 11 is 0. The number of pyridine rings is 1. The maximum Gasteiger partial charge on any atom is 0.272 e. The minimum absolute atomic E-state index is 0.162. The van der Waals surface area contributed by atoms with E-state index >= 15 is 0 Å². The number of likely N-dealkylation sites (N-methyl/N-ethyl adjacent to an activating group) is 1. The van der Waals surface area contributed by atoms with Crippen molar-refractivity contribution in [2.24, 2.45) is 0 Å². The number of benzene rings is 1. The molecule has 1 aromatic carbocycles. The molecule has 0 bridgehead atoms. The number of nitrogens with one attached hydrogen (secondary N) is 1. The zero-order valence-corrected chi connectivity index (χ0v) is 15.3. The highest BCUT2D eigenvalue weighted by atomic mass is 16.7. The number of nitrogens with zero attached hydrogens (tertiary/aromatic N) is 4. The molecule has 4 rings (SSSR count). The number of carbonyl (C=O) groups excluding carboxylic acids is 1. The third kappa shape index (κ3) is 4.01. The van der Waals surface area contributed by atoms with E-state index in [-0.39, 0.29) is 12.7 Å². The van der Waals surface area contributed by atoms with Gasteiger partial charge in [-0.25, -0.2) is 9.97 Å². The molecule has 0 fully saturated rings. The van der Waals surface area contributed by atoms with Crippen LogP contribution < -0.4 is 14.8 Å². The summed E-state index contributed by atoms with van der Waals surface area (Å²) in [5.41, 5.74) is 2.24. The smallest absolute Gasteiger partial charge is 0.272 e. The first-order valence-electron chi connectivity index (χ1n) is 8.82. The number of amides is 1. The van der Waals surface area contributed by atoms with E-state index in [1.165, 1.54) is 6.33 Å². The van der Waals surface area contributed by atoms with Gasteiger partial charge >= 0.3 is 0 Å². The minimum atomic E-state index is -0.162. The summed E-state index contributed by atoms with van der Waals surface area (Å²) in [6.45, 7) is 0.800. The highest BCUT2D eigenvalue weighted by Crippen LogP contribution is 2.34. The predicted octanol–water partition coefficient (Wildman–Crippen LogP) is 2.66. The Labute approximate surface area is 162 Å². The fourth-order valence-corrected chi connectivity index (χ4v) is 2.81. The summed E-state index contributed by atoms with van der Waals surface area (Å²) in [6.07, 6.45) is 5.61. The van der Waals surface area contributed by atoms with Crippen molar-refractivity contribution in [3.8, 4) is 11.5 Å². The Morgan fingerprint density at radius 1 is 1.11 bits per heavy atom. The van der Waals surface area contributed by atoms with Crippen LogP contribution in [0.4, 0.5) is 11.5 Å². The van der Waals surface area contributed by atoms with Crippen molar-refractivity contribution < 1.29 is 14.3 Å². The van der Waals surface area contributed by atoms with Crippen LogP contribution >= 0.6 is 0 Å². The molecule has 142 valence electrons. The number of anilines is 2. The Bertz CT molecular complexity index is 981. The van der Waals surface area contributed by atoms with Crippen LogP contribution in [0.3, 0.4) is 0 Å². The van der Waals surface area contributed by atoms with Crippen LogP contribution in [0, 0.1) is 0 Å². The van der Waals surface area contributed by atoms with E-state index in [4.69, 9.17) is 9.47 Å². The summed E-state index contributed by atoms with van der Waals surface area (Å²) in [6, 6.07) is 11.0. The molecule has 0 radical (unpaired) electrons. The molecule has 0 saturated heterocycles. The fourth-order valence-electron chi connectivity index (χ4n) is 2.81. The monoisotopic (exact) mass is 377 g/mol. The number of carbonyl (C=O) groups is 1. The van der Waals surface area contributed by atoms with E-state index in [0.717, 1.165) is 17.7 Å². The third-order valence-corrected chi connectivity index (χ3v) is 4.36. The zero-order valence-electron chi connectivity index (χ0n) is 15.3. The summed E-state index contributed by atoms with van der Waals surface area (Å²) in [4.78, 5) is 26.6. The summed E-state index contributed by atoms with van der Waals surface area (Å²) < 4.78 is 10.7. The van der Waals surface area contributed by atoms with Gasteiger partial charge in [-0.05, 0) is 36.2 Å². The minimum Gasteiger partial charge on any atom is -0.454 e. The first kappa shape index (κ1) is 17.7. The third-order valence-electron chi connectivity index (χ3n) is 4.36. The SMILES string of the molecule is CN(CCc1ccncc1)C(=O)c1cc(Nc2ccc3c(c2)OCO3)ncn1. The Morgan fingerprint density at radius 3 is 2.79 bits per heavy atom. The Morgan fingerprint density at radius 2 is 1.93 bits per heavy atom. The molecule has 3 heterocycles. The molecular formula is C20H19N5O3. The molecule has 1 aliphatic heterocycles. The van der Waals surface area contributed by atoms with E-state index in [9.17, 15) is 4.79 Å². The van der Waals surface area contributed by atoms with Crippen LogP contribution in [-0.2, 0) is 6.42 Å². The molecule has 28 heavy (non-hydrogen) atoms. The van der Waals surface area contributed by atoms with Crippen LogP contribution in [-0.4, -0.2) is 46.1 Å². The Kier molecular flexibility index (Phi) is 5.01. The van der Waals surface area contributed by atoms with Crippen molar-refractivity contribution in [3.63, 3.8) is 0 Å². The second kappa shape index (κ2) is 7.91. The van der Waals surface area contributed by atoms with Crippen molar-refractivity contribution in [1.82, 2.24) is 19.9 Å². The van der Waals surface area contributed by atoms with Gasteiger partial charge in [-0.2, -0.15) is 0 Å². The number of hydrogen-bond donors (Lipinski definition) is 1. The lowest BCUT2D eigenvalue weighted by Crippen LogP contribution is -2.29. The van der Waals surface area contributed by atoms with Crippen LogP contribution in [0.25, 0.3) is 0 Å². The van der Waals surface area contributed by atoms with Crippen molar-refractivity contribution in [2.75, 3.05) is 25.7 Å². The maximum absolute atomic E-state index is 12.7. The summed E-state index contributed by atoms with van der Waals surface area (Å²) in [5, 5.41) is 3.16. The number of hydrogen-bond acceptors (Lipinski definition) is 7. The molecule has 0 spiro atoms. The quantitative estimate of drug-likeness (QED) is 0.706. The van der Waals surface area contributed by atoms with E-state index in [1.807, 2.05) is 30.3 Å². The van der Waals surface area contributed by atoms with Gasteiger partial charge in [0, 0.05) is 43.8 Å². The summed E-state index contributed by atoms with van der Waals surface area (Å²) in [7, 11) is 1.76. The number of aromatic nitrogens is 3. The number of rotatable bonds is 6. The number of ether oxygens (including phenoxy) is 2. The average Bonchev–Trinajstić information content (AvgIpc) is 3.20. The lowest BCUT2D eigenvalue weighted by atomic mass is 10.2. The van der Waals surface area contributed by atoms with Gasteiger partial charge in [0.05, 0.1) is 0 Å². The molecule has 1 aliphatic rings. The standard InChI is InChI=1S/C20H19N5O3/c1-25(9-6-14-4-7-21-8-5-14)20(26)16-11-19(23-12-22-16)24-15-2-3-17-18(10-15)28-13-27-17/h2-5,7-8,10-12H,6,9,13H2,1H3,(H,22,23,24). The van der Waals surface area contributed by atoms with E-state index in [1.54, 1.807) is 30.4 Å². The second-order valence-corrected chi connectivity index (χ2v) is 6.31. The van der Waals surface area contributed by atoms with Gasteiger partial charge in [0.2, 0.25) is 6.79 Å². The molecule has 0 saturated carbocycles. The first-order chi connectivity index (χ1) is 13.7. The van der Waals surface area contributed by atoms with Crippen molar-refractivity contribution in [2.45, 2.75) is 6.42 Å². The fraction of sp³-hybridized carbons (Fsp3) is 0.200. The van der Waals surface area contributed by atoms with Gasteiger partial charge in [-0.3, -0.25) is 9.78 Å². The van der Waals surface area contributed by atoms with Crippen LogP contribution in [0.1, 0.15) is 16.1 Å². The van der Waals surface area contributed by atoms with Crippen molar-refractivity contribution in [3.05, 3.63) is 66.4 Å². The molecule has 3 aromatic rings. The molecule has 8 heteroatoms. The first-order valence-corrected chi connectivity index (χ1v) is 8.82. The molecular weight excluding hydrogens is 358 g/mol. The van der Waals surface area contributed by atoms with E-state index < -0.39 is 0 Å². The van der Waals surface area contributed by atoms with Gasteiger partial charge in [0.25, 0.3) is 5.91 Å². The number of fused-ring (bicyclic) bond motifs is 1. The summed E-state index contributed by atoms with van der Waals surface area (Å²) in [5.74, 6) is 1.75. The van der Waals surface area contributed by atoms with Gasteiger partial charge in [0.15, 0.2) is 11.5 Å². The van der Waals surface area contributed by atoms with Gasteiger partial charge in [0.1, 0.15) is 17.8 Å². The van der Waals surface area contributed by atoms with E-state index in [0.29, 0.717) is 29.6 Å². The topological polar surface area (TPSA) is 89.5 Å². The highest BCUT2D eigenvalue weighted by Gasteiger charge is 2.16. The molecule has 8 nitrogen and oxygen atoms in total. The molecule has 0 unspecified atom stereocenters. The lowest BCUT2D eigenvalue weighted by Gasteiger charge is -2.17. The zero-order chi connectivity index (χ0) is 19.3. The van der Waals surface area contributed by atoms with Crippen LogP contribution in [0.5, 0.6) is 11.5 Å². The molecule has 0 atom stereocenters. The van der Waals surface area contributed by atoms with Crippen molar-refractivity contribution in [1.29, 1.82) is 0 Å². The molecule has 0 aliphatic carbocycles. The Balaban J connectivity index is 1.41. The van der Waals surface area contributed by atoms with Gasteiger partial charge in [-0.1, -0.05) is 0 Å². The second-order valence-electron chi connectivity index (χ2n) is 6.31. The maximum atomic E-state index is 12.7.